The third-order valence-electron chi connectivity index (χ3n) is 5.76. The molecule has 2 amide bonds. The first-order chi connectivity index (χ1) is 14.7. The van der Waals surface area contributed by atoms with Gasteiger partial charge < -0.3 is 19.9 Å². The molecule has 1 aromatic heterocycles. The van der Waals surface area contributed by atoms with E-state index in [4.69, 9.17) is 19.9 Å². The number of carbonyl (C=O) groups excluding carboxylic acids is 5. The van der Waals surface area contributed by atoms with Crippen LogP contribution < -0.4 is 5.73 Å². The van der Waals surface area contributed by atoms with Crippen LogP contribution >= 0.6 is 11.3 Å². The number of fused-ring (bicyclic) bond motifs is 1. The highest BCUT2D eigenvalue weighted by Crippen LogP contribution is 2.39. The molecule has 1 aliphatic heterocycles. The first-order valence-corrected chi connectivity index (χ1v) is 10.7. The number of rotatable bonds is 6. The standard InChI is InChI=1S/C20H24N2O8S/c1-9(22-16(23)10-6-4-5-7-11(10)17(22)24)18(25)30-8-12-13(19(26)28-2)15(21)31-14(12)20(27)29-3/h9-11H,4-8,21H2,1-3H3. The molecule has 11 heteroatoms. The normalized spacial score (nSPS) is 21.5. The van der Waals surface area contributed by atoms with E-state index in [9.17, 15) is 24.0 Å². The van der Waals surface area contributed by atoms with E-state index in [1.165, 1.54) is 6.92 Å². The van der Waals surface area contributed by atoms with Gasteiger partial charge in [-0.3, -0.25) is 14.5 Å². The number of likely N-dealkylation sites (tertiary alicyclic amines) is 1. The van der Waals surface area contributed by atoms with Gasteiger partial charge in [0.05, 0.1) is 26.1 Å². The third kappa shape index (κ3) is 4.01. The van der Waals surface area contributed by atoms with Crippen molar-refractivity contribution < 1.29 is 38.2 Å². The minimum Gasteiger partial charge on any atom is -0.465 e. The van der Waals surface area contributed by atoms with Gasteiger partial charge in [0.15, 0.2) is 0 Å². The van der Waals surface area contributed by atoms with Crippen LogP contribution in [0.5, 0.6) is 0 Å². The van der Waals surface area contributed by atoms with E-state index in [0.717, 1.165) is 43.3 Å². The molecule has 3 rings (SSSR count). The molecule has 31 heavy (non-hydrogen) atoms. The summed E-state index contributed by atoms with van der Waals surface area (Å²) in [6.07, 6.45) is 3.01. The van der Waals surface area contributed by atoms with Crippen molar-refractivity contribution in [2.75, 3.05) is 20.0 Å². The van der Waals surface area contributed by atoms with Crippen molar-refractivity contribution in [2.24, 2.45) is 11.8 Å². The maximum atomic E-state index is 12.7. The maximum Gasteiger partial charge on any atom is 0.348 e. The molecule has 0 bridgehead atoms. The predicted molar refractivity (Wildman–Crippen MR) is 108 cm³/mol. The van der Waals surface area contributed by atoms with Crippen molar-refractivity contribution in [3.63, 3.8) is 0 Å². The molecule has 0 aromatic carbocycles. The molecule has 2 fully saturated rings. The Labute approximate surface area is 182 Å². The summed E-state index contributed by atoms with van der Waals surface area (Å²) in [7, 11) is 2.32. The number of imide groups is 1. The molecule has 2 N–H and O–H groups in total. The van der Waals surface area contributed by atoms with E-state index in [1.54, 1.807) is 0 Å². The Balaban J connectivity index is 1.79. The van der Waals surface area contributed by atoms with Gasteiger partial charge >= 0.3 is 17.9 Å². The van der Waals surface area contributed by atoms with Crippen LogP contribution in [-0.2, 0) is 35.2 Å². The summed E-state index contributed by atoms with van der Waals surface area (Å²) in [5.74, 6) is -3.86. The molecule has 10 nitrogen and oxygen atoms in total. The van der Waals surface area contributed by atoms with Gasteiger partial charge in [0, 0.05) is 5.56 Å². The summed E-state index contributed by atoms with van der Waals surface area (Å²) in [4.78, 5) is 63.2. The zero-order valence-electron chi connectivity index (χ0n) is 17.5. The highest BCUT2D eigenvalue weighted by atomic mass is 32.1. The van der Waals surface area contributed by atoms with Crippen molar-refractivity contribution in [1.82, 2.24) is 4.90 Å². The Morgan fingerprint density at radius 2 is 1.61 bits per heavy atom. The van der Waals surface area contributed by atoms with Crippen molar-refractivity contribution in [2.45, 2.75) is 45.3 Å². The molecule has 1 saturated carbocycles. The minimum absolute atomic E-state index is 0.000183. The highest BCUT2D eigenvalue weighted by Gasteiger charge is 2.51. The van der Waals surface area contributed by atoms with Gasteiger partial charge in [0.2, 0.25) is 11.8 Å². The number of thiophene rings is 1. The summed E-state index contributed by atoms with van der Waals surface area (Å²) in [6.45, 7) is 0.939. The van der Waals surface area contributed by atoms with Crippen LogP contribution in [0.25, 0.3) is 0 Å². The van der Waals surface area contributed by atoms with Gasteiger partial charge in [0.25, 0.3) is 0 Å². The van der Waals surface area contributed by atoms with Crippen LogP contribution in [-0.4, -0.2) is 54.9 Å². The number of ether oxygens (including phenoxy) is 3. The molecule has 0 spiro atoms. The van der Waals surface area contributed by atoms with Crippen molar-refractivity contribution >= 4 is 46.1 Å². The Hall–Kier alpha value is -2.95. The van der Waals surface area contributed by atoms with Crippen LogP contribution in [0, 0.1) is 11.8 Å². The van der Waals surface area contributed by atoms with Crippen molar-refractivity contribution in [3.8, 4) is 0 Å². The molecular weight excluding hydrogens is 428 g/mol. The van der Waals surface area contributed by atoms with Gasteiger partial charge in [-0.25, -0.2) is 14.4 Å². The minimum atomic E-state index is -1.13. The van der Waals surface area contributed by atoms with E-state index < -0.39 is 30.6 Å². The van der Waals surface area contributed by atoms with E-state index in [2.05, 4.69) is 0 Å². The molecule has 0 radical (unpaired) electrons. The second-order valence-electron chi connectivity index (χ2n) is 7.46. The summed E-state index contributed by atoms with van der Waals surface area (Å²) >= 11 is 0.809. The number of amides is 2. The monoisotopic (exact) mass is 452 g/mol. The quantitative estimate of drug-likeness (QED) is 0.386. The molecule has 1 aromatic rings. The first-order valence-electron chi connectivity index (χ1n) is 9.84. The van der Waals surface area contributed by atoms with Crippen molar-refractivity contribution in [1.29, 1.82) is 0 Å². The Morgan fingerprint density at radius 3 is 2.13 bits per heavy atom. The first kappa shape index (κ1) is 22.7. The van der Waals surface area contributed by atoms with Gasteiger partial charge in [0.1, 0.15) is 28.1 Å². The number of nitrogens with zero attached hydrogens (tertiary/aromatic N) is 1. The van der Waals surface area contributed by atoms with Crippen LogP contribution in [0.4, 0.5) is 5.00 Å². The van der Waals surface area contributed by atoms with Crippen molar-refractivity contribution in [3.05, 3.63) is 16.0 Å². The second kappa shape index (κ2) is 9.04. The molecular formula is C20H24N2O8S. The zero-order valence-corrected chi connectivity index (χ0v) is 18.3. The largest absolute Gasteiger partial charge is 0.465 e. The number of hydrogen-bond acceptors (Lipinski definition) is 10. The Morgan fingerprint density at radius 1 is 1.06 bits per heavy atom. The smallest absolute Gasteiger partial charge is 0.348 e. The lowest BCUT2D eigenvalue weighted by Crippen LogP contribution is -2.44. The fourth-order valence-corrected chi connectivity index (χ4v) is 5.12. The summed E-state index contributed by atoms with van der Waals surface area (Å²) in [5, 5.41) is 0.0142. The van der Waals surface area contributed by atoms with Gasteiger partial charge in [-0.1, -0.05) is 12.8 Å². The molecule has 3 unspecified atom stereocenters. The van der Waals surface area contributed by atoms with E-state index in [-0.39, 0.29) is 44.7 Å². The number of nitrogens with two attached hydrogens (primary N) is 1. The average Bonchev–Trinajstić information content (AvgIpc) is 3.24. The van der Waals surface area contributed by atoms with Crippen LogP contribution in [0.1, 0.15) is 58.2 Å². The molecule has 1 aliphatic carbocycles. The fourth-order valence-electron chi connectivity index (χ4n) is 4.14. The average molecular weight is 452 g/mol. The Kier molecular flexibility index (Phi) is 6.63. The zero-order chi connectivity index (χ0) is 22.9. The lowest BCUT2D eigenvalue weighted by Gasteiger charge is -2.21. The lowest BCUT2D eigenvalue weighted by atomic mass is 9.81. The highest BCUT2D eigenvalue weighted by molar-refractivity contribution is 7.18. The maximum absolute atomic E-state index is 12.7. The van der Waals surface area contributed by atoms with E-state index >= 15 is 0 Å². The van der Waals surface area contributed by atoms with Crippen LogP contribution in [0.3, 0.4) is 0 Å². The van der Waals surface area contributed by atoms with Crippen LogP contribution in [0.15, 0.2) is 0 Å². The number of anilines is 1. The number of carbonyl (C=O) groups is 5. The molecule has 2 aliphatic rings. The summed E-state index contributed by atoms with van der Waals surface area (Å²) in [5.41, 5.74) is 5.81. The van der Waals surface area contributed by atoms with Crippen LogP contribution in [0.2, 0.25) is 0 Å². The fraction of sp³-hybridized carbons (Fsp3) is 0.550. The van der Waals surface area contributed by atoms with Gasteiger partial charge in [-0.2, -0.15) is 0 Å². The second-order valence-corrected chi connectivity index (χ2v) is 8.51. The third-order valence-corrected chi connectivity index (χ3v) is 6.80. The van der Waals surface area contributed by atoms with Gasteiger partial charge in [-0.15, -0.1) is 11.3 Å². The van der Waals surface area contributed by atoms with E-state index in [1.807, 2.05) is 0 Å². The predicted octanol–water partition coefficient (Wildman–Crippen LogP) is 1.51. The topological polar surface area (TPSA) is 142 Å². The Bertz CT molecular complexity index is 916. The lowest BCUT2D eigenvalue weighted by molar-refractivity contribution is -0.159. The van der Waals surface area contributed by atoms with Gasteiger partial charge in [-0.05, 0) is 19.8 Å². The molecule has 1 saturated heterocycles. The summed E-state index contributed by atoms with van der Waals surface area (Å²) in [6, 6.07) is -1.13. The van der Waals surface area contributed by atoms with E-state index in [0.29, 0.717) is 12.8 Å². The molecule has 168 valence electrons. The number of esters is 3. The molecule has 3 atom stereocenters. The number of methoxy groups -OCH3 is 2. The number of hydrogen-bond donors (Lipinski definition) is 1. The molecule has 2 heterocycles. The summed E-state index contributed by atoms with van der Waals surface area (Å²) < 4.78 is 14.7. The number of nitrogen functional groups attached to an aromatic ring is 1. The SMILES string of the molecule is COC(=O)c1sc(N)c(C(=O)OC)c1COC(=O)C(C)N1C(=O)C2CCCCC2C1=O.